The van der Waals surface area contributed by atoms with Gasteiger partial charge in [-0.05, 0) is 18.6 Å². The lowest BCUT2D eigenvalue weighted by atomic mass is 10.1. The van der Waals surface area contributed by atoms with Crippen molar-refractivity contribution in [3.63, 3.8) is 0 Å². The van der Waals surface area contributed by atoms with Crippen molar-refractivity contribution in [2.24, 2.45) is 0 Å². The lowest BCUT2D eigenvalue weighted by Crippen LogP contribution is -2.41. The summed E-state index contributed by atoms with van der Waals surface area (Å²) in [5, 5.41) is 4.20. The Bertz CT molecular complexity index is 338. The van der Waals surface area contributed by atoms with Gasteiger partial charge in [-0.15, -0.1) is 0 Å². The number of hydrogen-bond donors (Lipinski definition) is 1. The van der Waals surface area contributed by atoms with Crippen molar-refractivity contribution in [3.05, 3.63) is 23.2 Å². The molecule has 2 nitrogen and oxygen atoms in total. The second kappa shape index (κ2) is 3.70. The molecule has 0 saturated heterocycles. The van der Waals surface area contributed by atoms with Gasteiger partial charge >= 0.3 is 0 Å². The number of hydrogen-bond acceptors (Lipinski definition) is 2. The summed E-state index contributed by atoms with van der Waals surface area (Å²) in [6.45, 7) is 3.18. The Morgan fingerprint density at radius 2 is 2.36 bits per heavy atom. The van der Waals surface area contributed by atoms with E-state index in [1.165, 1.54) is 5.69 Å². The fourth-order valence-electron chi connectivity index (χ4n) is 1.95. The quantitative estimate of drug-likeness (QED) is 0.767. The average molecular weight is 211 g/mol. The van der Waals surface area contributed by atoms with Crippen molar-refractivity contribution in [2.75, 3.05) is 23.8 Å². The molecule has 1 aliphatic rings. The summed E-state index contributed by atoms with van der Waals surface area (Å²) in [5.41, 5.74) is 2.27. The molecule has 0 amide bonds. The SMILES string of the molecule is CCC1CNc2c(Cl)cccc2N1C. The smallest absolute Gasteiger partial charge is 0.0768 e. The molecule has 1 atom stereocenters. The molecule has 14 heavy (non-hydrogen) atoms. The van der Waals surface area contributed by atoms with Gasteiger partial charge in [0.05, 0.1) is 16.4 Å². The number of rotatable bonds is 1. The Hall–Kier alpha value is -0.890. The molecular formula is C11H15ClN2. The number of likely N-dealkylation sites (N-methyl/N-ethyl adjacent to an activating group) is 1. The third-order valence-corrected chi connectivity index (χ3v) is 3.22. The molecule has 0 aromatic heterocycles. The van der Waals surface area contributed by atoms with Crippen LogP contribution in [-0.4, -0.2) is 19.6 Å². The maximum absolute atomic E-state index is 6.11. The van der Waals surface area contributed by atoms with Gasteiger partial charge in [0.1, 0.15) is 0 Å². The molecule has 1 aromatic rings. The Morgan fingerprint density at radius 3 is 3.07 bits per heavy atom. The second-order valence-corrected chi connectivity index (χ2v) is 4.10. The summed E-state index contributed by atoms with van der Waals surface area (Å²) >= 11 is 6.11. The molecule has 0 radical (unpaired) electrons. The van der Waals surface area contributed by atoms with Gasteiger partial charge in [0.2, 0.25) is 0 Å². The van der Waals surface area contributed by atoms with Crippen LogP contribution in [0.2, 0.25) is 5.02 Å². The highest BCUT2D eigenvalue weighted by Gasteiger charge is 2.22. The minimum atomic E-state index is 0.570. The van der Waals surface area contributed by atoms with Crippen LogP contribution in [0.25, 0.3) is 0 Å². The highest BCUT2D eigenvalue weighted by atomic mass is 35.5. The first kappa shape index (κ1) is 9.66. The van der Waals surface area contributed by atoms with E-state index in [1.54, 1.807) is 0 Å². The number of benzene rings is 1. The molecular weight excluding hydrogens is 196 g/mol. The summed E-state index contributed by atoms with van der Waals surface area (Å²) in [6, 6.07) is 6.60. The molecule has 1 heterocycles. The van der Waals surface area contributed by atoms with E-state index >= 15 is 0 Å². The average Bonchev–Trinajstić information content (AvgIpc) is 2.20. The van der Waals surface area contributed by atoms with Crippen LogP contribution in [0.5, 0.6) is 0 Å². The van der Waals surface area contributed by atoms with E-state index in [0.717, 1.165) is 23.7 Å². The lowest BCUT2D eigenvalue weighted by molar-refractivity contribution is 0.623. The predicted molar refractivity (Wildman–Crippen MR) is 62.4 cm³/mol. The van der Waals surface area contributed by atoms with E-state index in [4.69, 9.17) is 11.6 Å². The van der Waals surface area contributed by atoms with Crippen molar-refractivity contribution in [2.45, 2.75) is 19.4 Å². The fraction of sp³-hybridized carbons (Fsp3) is 0.455. The monoisotopic (exact) mass is 210 g/mol. The largest absolute Gasteiger partial charge is 0.380 e. The van der Waals surface area contributed by atoms with Crippen LogP contribution >= 0.6 is 11.6 Å². The number of para-hydroxylation sites is 1. The van der Waals surface area contributed by atoms with Gasteiger partial charge in [-0.1, -0.05) is 24.6 Å². The molecule has 2 rings (SSSR count). The van der Waals surface area contributed by atoms with E-state index in [0.29, 0.717) is 6.04 Å². The van der Waals surface area contributed by atoms with Crippen LogP contribution in [-0.2, 0) is 0 Å². The third kappa shape index (κ3) is 1.44. The highest BCUT2D eigenvalue weighted by Crippen LogP contribution is 2.36. The molecule has 0 aliphatic carbocycles. The molecule has 0 fully saturated rings. The first-order valence-corrected chi connectivity index (χ1v) is 5.37. The van der Waals surface area contributed by atoms with Gasteiger partial charge in [-0.2, -0.15) is 0 Å². The molecule has 1 unspecified atom stereocenters. The van der Waals surface area contributed by atoms with Crippen molar-refractivity contribution in [1.82, 2.24) is 0 Å². The number of fused-ring (bicyclic) bond motifs is 1. The van der Waals surface area contributed by atoms with E-state index in [1.807, 2.05) is 12.1 Å². The van der Waals surface area contributed by atoms with Crippen molar-refractivity contribution < 1.29 is 0 Å². The lowest BCUT2D eigenvalue weighted by Gasteiger charge is -2.36. The first-order valence-electron chi connectivity index (χ1n) is 4.99. The summed E-state index contributed by atoms with van der Waals surface area (Å²) < 4.78 is 0. The molecule has 1 aliphatic heterocycles. The number of halogens is 1. The Labute approximate surface area is 89.9 Å². The minimum Gasteiger partial charge on any atom is -0.380 e. The normalized spacial score (nSPS) is 20.2. The number of nitrogens with one attached hydrogen (secondary N) is 1. The first-order chi connectivity index (χ1) is 6.74. The van der Waals surface area contributed by atoms with Gasteiger partial charge in [-0.3, -0.25) is 0 Å². The number of anilines is 2. The molecule has 0 bridgehead atoms. The Kier molecular flexibility index (Phi) is 2.55. The van der Waals surface area contributed by atoms with E-state index in [-0.39, 0.29) is 0 Å². The minimum absolute atomic E-state index is 0.570. The van der Waals surface area contributed by atoms with Crippen molar-refractivity contribution in [3.8, 4) is 0 Å². The van der Waals surface area contributed by atoms with E-state index in [2.05, 4.69) is 30.3 Å². The zero-order chi connectivity index (χ0) is 10.1. The maximum atomic E-state index is 6.11. The zero-order valence-corrected chi connectivity index (χ0v) is 9.30. The van der Waals surface area contributed by atoms with Crippen LogP contribution in [0.15, 0.2) is 18.2 Å². The van der Waals surface area contributed by atoms with Gasteiger partial charge in [-0.25, -0.2) is 0 Å². The third-order valence-electron chi connectivity index (χ3n) is 2.91. The topological polar surface area (TPSA) is 15.3 Å². The molecule has 1 N–H and O–H groups in total. The zero-order valence-electron chi connectivity index (χ0n) is 8.55. The summed E-state index contributed by atoms with van der Waals surface area (Å²) in [6.07, 6.45) is 1.15. The van der Waals surface area contributed by atoms with Crippen molar-refractivity contribution >= 4 is 23.0 Å². The van der Waals surface area contributed by atoms with E-state index < -0.39 is 0 Å². The summed E-state index contributed by atoms with van der Waals surface area (Å²) in [7, 11) is 2.13. The fourth-order valence-corrected chi connectivity index (χ4v) is 2.19. The van der Waals surface area contributed by atoms with E-state index in [9.17, 15) is 0 Å². The Morgan fingerprint density at radius 1 is 1.57 bits per heavy atom. The number of nitrogens with zero attached hydrogens (tertiary/aromatic N) is 1. The molecule has 1 aromatic carbocycles. The van der Waals surface area contributed by atoms with Crippen LogP contribution in [0, 0.1) is 0 Å². The predicted octanol–water partition coefficient (Wildman–Crippen LogP) is 2.98. The molecule has 3 heteroatoms. The summed E-state index contributed by atoms with van der Waals surface area (Å²) in [5.74, 6) is 0. The van der Waals surface area contributed by atoms with Gasteiger partial charge in [0, 0.05) is 19.6 Å². The molecule has 76 valence electrons. The maximum Gasteiger partial charge on any atom is 0.0768 e. The van der Waals surface area contributed by atoms with Crippen LogP contribution in [0.4, 0.5) is 11.4 Å². The molecule has 0 spiro atoms. The van der Waals surface area contributed by atoms with Crippen LogP contribution in [0.3, 0.4) is 0 Å². The second-order valence-electron chi connectivity index (χ2n) is 3.69. The van der Waals surface area contributed by atoms with Gasteiger partial charge in [0.15, 0.2) is 0 Å². The Balaban J connectivity index is 2.41. The van der Waals surface area contributed by atoms with Crippen molar-refractivity contribution in [1.29, 1.82) is 0 Å². The van der Waals surface area contributed by atoms with Gasteiger partial charge in [0.25, 0.3) is 0 Å². The standard InChI is InChI=1S/C11H15ClN2/c1-3-8-7-13-11-9(12)5-4-6-10(11)14(8)2/h4-6,8,13H,3,7H2,1-2H3. The summed E-state index contributed by atoms with van der Waals surface area (Å²) in [4.78, 5) is 2.30. The molecule has 0 saturated carbocycles. The van der Waals surface area contributed by atoms with Crippen LogP contribution < -0.4 is 10.2 Å². The highest BCUT2D eigenvalue weighted by molar-refractivity contribution is 6.34. The van der Waals surface area contributed by atoms with Gasteiger partial charge < -0.3 is 10.2 Å². The van der Waals surface area contributed by atoms with Crippen LogP contribution in [0.1, 0.15) is 13.3 Å².